The highest BCUT2D eigenvalue weighted by molar-refractivity contribution is 7.57. The van der Waals surface area contributed by atoms with Crippen molar-refractivity contribution in [3.05, 3.63) is 12.4 Å². The molecule has 0 aromatic carbocycles. The molecule has 0 aromatic heterocycles. The molecule has 0 saturated heterocycles. The van der Waals surface area contributed by atoms with Crippen molar-refractivity contribution < 1.29 is 26.8 Å². The van der Waals surface area contributed by atoms with Gasteiger partial charge in [0, 0.05) is 12.9 Å². The van der Waals surface area contributed by atoms with Crippen molar-refractivity contribution >= 4 is 7.60 Å². The van der Waals surface area contributed by atoms with Crippen molar-refractivity contribution in [2.45, 2.75) is 6.18 Å². The Kier molecular flexibility index (Phi) is 3.96. The average molecular weight is 204 g/mol. The first kappa shape index (κ1) is 11.7. The van der Waals surface area contributed by atoms with Crippen LogP contribution in [0.4, 0.5) is 13.2 Å². The van der Waals surface area contributed by atoms with Crippen LogP contribution in [-0.2, 0) is 13.6 Å². The average Bonchev–Trinajstić information content (AvgIpc) is 1.99. The standard InChI is InChI=1S/C5H8F3O3P/c1-3-12(9,10-2)11-4-5(6,7)8/h3H,1,4H2,2H3. The second-order valence-corrected chi connectivity index (χ2v) is 3.86. The summed E-state index contributed by atoms with van der Waals surface area (Å²) in [6, 6.07) is 0. The fourth-order valence-electron chi connectivity index (χ4n) is 0.343. The Bertz CT molecular complexity index is 201. The summed E-state index contributed by atoms with van der Waals surface area (Å²) >= 11 is 0. The minimum Gasteiger partial charge on any atom is -0.309 e. The molecule has 0 bridgehead atoms. The van der Waals surface area contributed by atoms with Gasteiger partial charge in [-0.15, -0.1) is 0 Å². The Morgan fingerprint density at radius 3 is 2.33 bits per heavy atom. The summed E-state index contributed by atoms with van der Waals surface area (Å²) in [7, 11) is -2.75. The summed E-state index contributed by atoms with van der Waals surface area (Å²) in [4.78, 5) is 0. The van der Waals surface area contributed by atoms with Gasteiger partial charge in [-0.25, -0.2) is 0 Å². The molecule has 0 amide bonds. The summed E-state index contributed by atoms with van der Waals surface area (Å²) in [6.07, 6.45) is -4.52. The van der Waals surface area contributed by atoms with Gasteiger partial charge >= 0.3 is 13.8 Å². The van der Waals surface area contributed by atoms with Crippen LogP contribution in [0.1, 0.15) is 0 Å². The molecule has 0 saturated carbocycles. The summed E-state index contributed by atoms with van der Waals surface area (Å²) < 4.78 is 53.7. The number of alkyl halides is 3. The zero-order chi connectivity index (χ0) is 9.83. The van der Waals surface area contributed by atoms with Crippen molar-refractivity contribution in [1.29, 1.82) is 0 Å². The van der Waals surface area contributed by atoms with E-state index in [0.29, 0.717) is 0 Å². The predicted octanol–water partition coefficient (Wildman–Crippen LogP) is 2.55. The number of rotatable bonds is 4. The van der Waals surface area contributed by atoms with E-state index in [1.54, 1.807) is 0 Å². The van der Waals surface area contributed by atoms with Crippen LogP contribution in [0.15, 0.2) is 12.4 Å². The molecule has 0 aromatic rings. The lowest BCUT2D eigenvalue weighted by atomic mass is 10.7. The predicted molar refractivity (Wildman–Crippen MR) is 36.8 cm³/mol. The van der Waals surface area contributed by atoms with Crippen molar-refractivity contribution in [1.82, 2.24) is 0 Å². The Morgan fingerprint density at radius 2 is 2.08 bits per heavy atom. The molecule has 0 aliphatic rings. The van der Waals surface area contributed by atoms with Crippen LogP contribution in [0.5, 0.6) is 0 Å². The number of halogens is 3. The molecule has 72 valence electrons. The maximum Gasteiger partial charge on any atom is 0.412 e. The van der Waals surface area contributed by atoms with Crippen molar-refractivity contribution in [2.24, 2.45) is 0 Å². The largest absolute Gasteiger partial charge is 0.412 e. The molecule has 0 aliphatic carbocycles. The zero-order valence-corrected chi connectivity index (χ0v) is 7.19. The molecule has 1 unspecified atom stereocenters. The molecule has 0 heterocycles. The summed E-state index contributed by atoms with van der Waals surface area (Å²) in [5, 5.41) is 0. The van der Waals surface area contributed by atoms with Crippen molar-refractivity contribution in [3.8, 4) is 0 Å². The molecule has 0 N–H and O–H groups in total. The zero-order valence-electron chi connectivity index (χ0n) is 6.30. The van der Waals surface area contributed by atoms with Gasteiger partial charge in [0.2, 0.25) is 0 Å². The first-order valence-corrected chi connectivity index (χ1v) is 4.44. The Balaban J connectivity index is 4.08. The van der Waals surface area contributed by atoms with Crippen LogP contribution in [-0.4, -0.2) is 19.9 Å². The van der Waals surface area contributed by atoms with Crippen LogP contribution in [0, 0.1) is 0 Å². The van der Waals surface area contributed by atoms with E-state index in [1.165, 1.54) is 0 Å². The third-order valence-electron chi connectivity index (χ3n) is 0.886. The van der Waals surface area contributed by atoms with Gasteiger partial charge in [0.1, 0.15) is 0 Å². The Hall–Kier alpha value is -0.320. The molecule has 0 fully saturated rings. The molecule has 0 aliphatic heterocycles. The molecule has 3 nitrogen and oxygen atoms in total. The van der Waals surface area contributed by atoms with Crippen molar-refractivity contribution in [3.63, 3.8) is 0 Å². The molecule has 0 radical (unpaired) electrons. The molecular weight excluding hydrogens is 196 g/mol. The first-order valence-electron chi connectivity index (χ1n) is 2.83. The monoisotopic (exact) mass is 204 g/mol. The highest BCUT2D eigenvalue weighted by Crippen LogP contribution is 2.49. The molecule has 0 spiro atoms. The molecule has 1 atom stereocenters. The second-order valence-electron chi connectivity index (χ2n) is 1.79. The lowest BCUT2D eigenvalue weighted by molar-refractivity contribution is -0.154. The van der Waals surface area contributed by atoms with Gasteiger partial charge in [0.15, 0.2) is 6.61 Å². The van der Waals surface area contributed by atoms with E-state index in [4.69, 9.17) is 0 Å². The van der Waals surface area contributed by atoms with Crippen LogP contribution in [0.3, 0.4) is 0 Å². The Morgan fingerprint density at radius 1 is 1.58 bits per heavy atom. The summed E-state index contributed by atoms with van der Waals surface area (Å²) in [6.45, 7) is 1.42. The van der Waals surface area contributed by atoms with Gasteiger partial charge in [0.05, 0.1) is 0 Å². The van der Waals surface area contributed by atoms with Gasteiger partial charge < -0.3 is 4.52 Å². The van der Waals surface area contributed by atoms with Crippen LogP contribution >= 0.6 is 7.60 Å². The molecule has 7 heteroatoms. The van der Waals surface area contributed by atoms with E-state index in [2.05, 4.69) is 15.6 Å². The second kappa shape index (κ2) is 4.07. The van der Waals surface area contributed by atoms with E-state index in [0.717, 1.165) is 12.9 Å². The summed E-state index contributed by atoms with van der Waals surface area (Å²) in [5.41, 5.74) is 0. The quantitative estimate of drug-likeness (QED) is 0.660. The third kappa shape index (κ3) is 4.54. The summed E-state index contributed by atoms with van der Waals surface area (Å²) in [5.74, 6) is 0.721. The number of hydrogen-bond donors (Lipinski definition) is 0. The van der Waals surface area contributed by atoms with Gasteiger partial charge in [-0.1, -0.05) is 6.58 Å². The van der Waals surface area contributed by atoms with Gasteiger partial charge in [0.25, 0.3) is 0 Å². The molecule has 0 rings (SSSR count). The van der Waals surface area contributed by atoms with E-state index >= 15 is 0 Å². The highest BCUT2D eigenvalue weighted by Gasteiger charge is 2.32. The van der Waals surface area contributed by atoms with Crippen LogP contribution < -0.4 is 0 Å². The third-order valence-corrected chi connectivity index (χ3v) is 2.33. The lowest BCUT2D eigenvalue weighted by Gasteiger charge is -2.13. The fourth-order valence-corrected chi connectivity index (χ4v) is 1.03. The van der Waals surface area contributed by atoms with Crippen molar-refractivity contribution in [2.75, 3.05) is 13.7 Å². The first-order chi connectivity index (χ1) is 5.33. The maximum atomic E-state index is 11.5. The minimum absolute atomic E-state index is 0.721. The van der Waals surface area contributed by atoms with E-state index in [1.807, 2.05) is 0 Å². The topological polar surface area (TPSA) is 35.5 Å². The normalized spacial score (nSPS) is 17.0. The van der Waals surface area contributed by atoms with Gasteiger partial charge in [-0.3, -0.25) is 9.09 Å². The van der Waals surface area contributed by atoms with E-state index in [9.17, 15) is 17.7 Å². The Labute approximate surface area is 67.7 Å². The van der Waals surface area contributed by atoms with Gasteiger partial charge in [-0.05, 0) is 0 Å². The smallest absolute Gasteiger partial charge is 0.309 e. The van der Waals surface area contributed by atoms with Gasteiger partial charge in [-0.2, -0.15) is 13.2 Å². The van der Waals surface area contributed by atoms with E-state index < -0.39 is 20.4 Å². The molecule has 12 heavy (non-hydrogen) atoms. The number of hydrogen-bond acceptors (Lipinski definition) is 3. The van der Waals surface area contributed by atoms with E-state index in [-0.39, 0.29) is 0 Å². The lowest BCUT2D eigenvalue weighted by Crippen LogP contribution is -2.15. The highest BCUT2D eigenvalue weighted by atomic mass is 31.2. The SMILES string of the molecule is C=CP(=O)(OC)OCC(F)(F)F. The van der Waals surface area contributed by atoms with Crippen LogP contribution in [0.2, 0.25) is 0 Å². The minimum atomic E-state index is -4.52. The molecular formula is C5H8F3O3P. The van der Waals surface area contributed by atoms with Crippen LogP contribution in [0.25, 0.3) is 0 Å². The maximum absolute atomic E-state index is 11.5. The fraction of sp³-hybridized carbons (Fsp3) is 0.600.